The van der Waals surface area contributed by atoms with Crippen LogP contribution in [0.15, 0.2) is 12.3 Å². The third-order valence-corrected chi connectivity index (χ3v) is 3.19. The van der Waals surface area contributed by atoms with Crippen LogP contribution < -0.4 is 11.1 Å². The highest BCUT2D eigenvalue weighted by Gasteiger charge is 2.13. The summed E-state index contributed by atoms with van der Waals surface area (Å²) in [4.78, 5) is 12.5. The molecule has 20 heavy (non-hydrogen) atoms. The molecule has 0 bridgehead atoms. The Balaban J connectivity index is 2.32. The van der Waals surface area contributed by atoms with Crippen LogP contribution in [-0.2, 0) is 0 Å². The Morgan fingerprint density at radius 2 is 2.25 bits per heavy atom. The smallest absolute Gasteiger partial charge is 0.222 e. The molecule has 0 amide bonds. The van der Waals surface area contributed by atoms with E-state index in [0.29, 0.717) is 21.9 Å². The number of halogens is 1. The van der Waals surface area contributed by atoms with Gasteiger partial charge >= 0.3 is 0 Å². The van der Waals surface area contributed by atoms with Crippen LogP contribution in [0.25, 0.3) is 11.0 Å². The number of aliphatic hydroxyl groups excluding tert-OH is 1. The number of hydrogen-bond donors (Lipinski definition) is 3. The zero-order valence-corrected chi connectivity index (χ0v) is 12.1. The van der Waals surface area contributed by atoms with E-state index in [9.17, 15) is 5.11 Å². The molecular weight excluding hydrogens is 278 g/mol. The highest BCUT2D eigenvalue weighted by Crippen LogP contribution is 2.22. The fraction of sp³-hybridized carbons (Fsp3) is 0.462. The standard InChI is InChI=1S/C13H18ClN5O/c1-2-3-4-9(7-20)17-12-11-10(18-13(15)19-12)5-8(14)6-16-11/h5-6,9,20H,2-4,7H2,1H3,(H3,15,17,18,19)/t9-/m1/s1. The average Bonchev–Trinajstić information content (AvgIpc) is 2.42. The molecule has 0 spiro atoms. The lowest BCUT2D eigenvalue weighted by atomic mass is 10.1. The van der Waals surface area contributed by atoms with Gasteiger partial charge in [0.15, 0.2) is 5.82 Å². The van der Waals surface area contributed by atoms with E-state index in [1.54, 1.807) is 6.07 Å². The summed E-state index contributed by atoms with van der Waals surface area (Å²) in [6.45, 7) is 2.13. The molecule has 2 aromatic heterocycles. The number of rotatable bonds is 6. The fourth-order valence-corrected chi connectivity index (χ4v) is 2.12. The van der Waals surface area contributed by atoms with Crippen LogP contribution in [0, 0.1) is 0 Å². The number of anilines is 2. The predicted molar refractivity (Wildman–Crippen MR) is 80.8 cm³/mol. The van der Waals surface area contributed by atoms with Crippen LogP contribution in [-0.4, -0.2) is 32.7 Å². The maximum absolute atomic E-state index is 9.42. The van der Waals surface area contributed by atoms with Gasteiger partial charge in [-0.05, 0) is 12.5 Å². The molecule has 0 aliphatic carbocycles. The molecule has 1 atom stereocenters. The minimum Gasteiger partial charge on any atom is -0.394 e. The molecule has 0 unspecified atom stereocenters. The number of aliphatic hydroxyl groups is 1. The number of hydrogen-bond acceptors (Lipinski definition) is 6. The van der Waals surface area contributed by atoms with E-state index in [-0.39, 0.29) is 18.6 Å². The van der Waals surface area contributed by atoms with Crippen LogP contribution in [0.3, 0.4) is 0 Å². The fourth-order valence-electron chi connectivity index (χ4n) is 1.97. The van der Waals surface area contributed by atoms with Crippen molar-refractivity contribution < 1.29 is 5.11 Å². The van der Waals surface area contributed by atoms with Gasteiger partial charge in [-0.15, -0.1) is 0 Å². The minimum absolute atomic E-state index is 0.0268. The van der Waals surface area contributed by atoms with E-state index in [2.05, 4.69) is 27.2 Å². The molecule has 0 aliphatic rings. The number of unbranched alkanes of at least 4 members (excludes halogenated alkanes) is 1. The number of aromatic nitrogens is 3. The Morgan fingerprint density at radius 1 is 1.45 bits per heavy atom. The lowest BCUT2D eigenvalue weighted by molar-refractivity contribution is 0.267. The Morgan fingerprint density at radius 3 is 2.95 bits per heavy atom. The molecule has 2 aromatic rings. The average molecular weight is 296 g/mol. The molecule has 0 saturated heterocycles. The van der Waals surface area contributed by atoms with Gasteiger partial charge in [0, 0.05) is 6.20 Å². The van der Waals surface area contributed by atoms with Crippen molar-refractivity contribution in [1.82, 2.24) is 15.0 Å². The zero-order chi connectivity index (χ0) is 14.5. The second kappa shape index (κ2) is 6.67. The third-order valence-electron chi connectivity index (χ3n) is 2.99. The van der Waals surface area contributed by atoms with E-state index in [1.165, 1.54) is 6.20 Å². The Labute approximate surface area is 122 Å². The van der Waals surface area contributed by atoms with Crippen LogP contribution in [0.4, 0.5) is 11.8 Å². The quantitative estimate of drug-likeness (QED) is 0.756. The van der Waals surface area contributed by atoms with Gasteiger partial charge in [0.25, 0.3) is 0 Å². The van der Waals surface area contributed by atoms with Gasteiger partial charge in [-0.25, -0.2) is 9.97 Å². The molecule has 2 heterocycles. The number of nitrogens with zero attached hydrogens (tertiary/aromatic N) is 3. The van der Waals surface area contributed by atoms with Crippen molar-refractivity contribution in [2.24, 2.45) is 0 Å². The molecule has 0 aliphatic heterocycles. The third kappa shape index (κ3) is 3.46. The summed E-state index contributed by atoms with van der Waals surface area (Å²) in [6.07, 6.45) is 4.48. The largest absolute Gasteiger partial charge is 0.394 e. The first-order valence-electron chi connectivity index (χ1n) is 6.60. The second-order valence-corrected chi connectivity index (χ2v) is 5.05. The summed E-state index contributed by atoms with van der Waals surface area (Å²) < 4.78 is 0. The topological polar surface area (TPSA) is 97.0 Å². The van der Waals surface area contributed by atoms with Crippen molar-refractivity contribution >= 4 is 34.4 Å². The van der Waals surface area contributed by atoms with Gasteiger partial charge in [-0.2, -0.15) is 4.98 Å². The lowest BCUT2D eigenvalue weighted by Crippen LogP contribution is -2.24. The summed E-state index contributed by atoms with van der Waals surface area (Å²) >= 11 is 5.90. The zero-order valence-electron chi connectivity index (χ0n) is 11.3. The molecule has 4 N–H and O–H groups in total. The maximum Gasteiger partial charge on any atom is 0.222 e. The van der Waals surface area contributed by atoms with Crippen molar-refractivity contribution in [3.8, 4) is 0 Å². The molecule has 108 valence electrons. The van der Waals surface area contributed by atoms with Crippen LogP contribution in [0.1, 0.15) is 26.2 Å². The summed E-state index contributed by atoms with van der Waals surface area (Å²) in [5, 5.41) is 13.1. The molecule has 6 nitrogen and oxygen atoms in total. The minimum atomic E-state index is -0.0788. The van der Waals surface area contributed by atoms with Crippen molar-refractivity contribution in [3.05, 3.63) is 17.3 Å². The SMILES string of the molecule is CCCC[C@H](CO)Nc1nc(N)nc2cc(Cl)cnc12. The summed E-state index contributed by atoms with van der Waals surface area (Å²) in [5.74, 6) is 0.676. The molecule has 7 heteroatoms. The van der Waals surface area contributed by atoms with Gasteiger partial charge in [0.2, 0.25) is 5.95 Å². The van der Waals surface area contributed by atoms with Gasteiger partial charge < -0.3 is 16.2 Å². The first kappa shape index (κ1) is 14.7. The van der Waals surface area contributed by atoms with Crippen molar-refractivity contribution in [2.45, 2.75) is 32.2 Å². The number of nitrogens with two attached hydrogens (primary N) is 1. The predicted octanol–water partition coefficient (Wildman–Crippen LogP) is 2.22. The van der Waals surface area contributed by atoms with E-state index >= 15 is 0 Å². The molecular formula is C13H18ClN5O. The van der Waals surface area contributed by atoms with Gasteiger partial charge in [0.1, 0.15) is 5.52 Å². The maximum atomic E-state index is 9.42. The normalized spacial score (nSPS) is 12.6. The van der Waals surface area contributed by atoms with E-state index < -0.39 is 0 Å². The molecule has 2 rings (SSSR count). The Bertz CT molecular complexity index is 587. The monoisotopic (exact) mass is 295 g/mol. The van der Waals surface area contributed by atoms with Crippen LogP contribution in [0.2, 0.25) is 5.02 Å². The highest BCUT2D eigenvalue weighted by atomic mass is 35.5. The van der Waals surface area contributed by atoms with Gasteiger partial charge in [0.05, 0.1) is 23.2 Å². The molecule has 0 fully saturated rings. The lowest BCUT2D eigenvalue weighted by Gasteiger charge is -2.17. The van der Waals surface area contributed by atoms with Gasteiger partial charge in [-0.3, -0.25) is 0 Å². The van der Waals surface area contributed by atoms with Gasteiger partial charge in [-0.1, -0.05) is 31.4 Å². The number of nitrogens with one attached hydrogen (secondary N) is 1. The van der Waals surface area contributed by atoms with E-state index in [0.717, 1.165) is 19.3 Å². The van der Waals surface area contributed by atoms with Crippen LogP contribution >= 0.6 is 11.6 Å². The molecule has 0 saturated carbocycles. The van der Waals surface area contributed by atoms with E-state index in [1.807, 2.05) is 0 Å². The first-order chi connectivity index (χ1) is 9.63. The molecule has 0 radical (unpaired) electrons. The first-order valence-corrected chi connectivity index (χ1v) is 6.98. The summed E-state index contributed by atoms with van der Waals surface area (Å²) in [7, 11) is 0. The van der Waals surface area contributed by atoms with E-state index in [4.69, 9.17) is 17.3 Å². The van der Waals surface area contributed by atoms with Crippen molar-refractivity contribution in [3.63, 3.8) is 0 Å². The van der Waals surface area contributed by atoms with Crippen LogP contribution in [0.5, 0.6) is 0 Å². The Kier molecular flexibility index (Phi) is 4.92. The summed E-state index contributed by atoms with van der Waals surface area (Å²) in [5.41, 5.74) is 6.88. The Hall–Kier alpha value is -1.66. The summed E-state index contributed by atoms with van der Waals surface area (Å²) in [6, 6.07) is 1.61. The van der Waals surface area contributed by atoms with Crippen molar-refractivity contribution in [2.75, 3.05) is 17.7 Å². The number of nitrogen functional groups attached to an aromatic ring is 1. The molecule has 0 aromatic carbocycles. The number of fused-ring (bicyclic) bond motifs is 1. The van der Waals surface area contributed by atoms with Crippen molar-refractivity contribution in [1.29, 1.82) is 0 Å². The second-order valence-electron chi connectivity index (χ2n) is 4.62. The highest BCUT2D eigenvalue weighted by molar-refractivity contribution is 6.31. The number of pyridine rings is 1.